The second-order valence-corrected chi connectivity index (χ2v) is 7.27. The lowest BCUT2D eigenvalue weighted by atomic mass is 9.79. The van der Waals surface area contributed by atoms with Crippen molar-refractivity contribution in [3.05, 3.63) is 59.7 Å². The van der Waals surface area contributed by atoms with Crippen LogP contribution >= 0.6 is 0 Å². The molecule has 5 nitrogen and oxygen atoms in total. The molecule has 0 spiro atoms. The Labute approximate surface area is 161 Å². The van der Waals surface area contributed by atoms with Gasteiger partial charge in [-0.15, -0.1) is 0 Å². The lowest BCUT2D eigenvalue weighted by molar-refractivity contribution is 0.0934. The molecule has 0 saturated carbocycles. The van der Waals surface area contributed by atoms with Crippen molar-refractivity contribution in [3.8, 4) is 11.5 Å². The van der Waals surface area contributed by atoms with E-state index in [1.54, 1.807) is 18.2 Å². The fourth-order valence-electron chi connectivity index (χ4n) is 3.22. The van der Waals surface area contributed by atoms with E-state index in [4.69, 9.17) is 14.6 Å². The minimum atomic E-state index is -0.164. The Bertz CT molecular complexity index is 743. The number of hydrogen-bond donors (Lipinski definition) is 2. The van der Waals surface area contributed by atoms with Crippen LogP contribution in [-0.4, -0.2) is 37.4 Å². The molecule has 27 heavy (non-hydrogen) atoms. The molecule has 1 amide bonds. The molecule has 0 saturated heterocycles. The third-order valence-corrected chi connectivity index (χ3v) is 4.52. The first-order valence-corrected chi connectivity index (χ1v) is 9.15. The molecular weight excluding hydrogens is 342 g/mol. The Kier molecular flexibility index (Phi) is 7.25. The number of aliphatic hydroxyl groups is 1. The number of ether oxygens (including phenoxy) is 2. The van der Waals surface area contributed by atoms with Crippen LogP contribution in [0.5, 0.6) is 11.5 Å². The molecule has 2 aromatic rings. The zero-order chi connectivity index (χ0) is 19.9. The van der Waals surface area contributed by atoms with Gasteiger partial charge in [0, 0.05) is 11.6 Å². The molecule has 0 fully saturated rings. The normalized spacial score (nSPS) is 12.3. The van der Waals surface area contributed by atoms with Crippen LogP contribution < -0.4 is 14.8 Å². The first-order valence-electron chi connectivity index (χ1n) is 9.15. The lowest BCUT2D eigenvalue weighted by Gasteiger charge is -2.29. The minimum absolute atomic E-state index is 0.00313. The molecule has 1 unspecified atom stereocenters. The van der Waals surface area contributed by atoms with E-state index in [-0.39, 0.29) is 30.6 Å². The van der Waals surface area contributed by atoms with Gasteiger partial charge >= 0.3 is 0 Å². The largest absolute Gasteiger partial charge is 0.493 e. The summed E-state index contributed by atoms with van der Waals surface area (Å²) < 4.78 is 10.7. The van der Waals surface area contributed by atoms with Gasteiger partial charge in [0.1, 0.15) is 6.61 Å². The number of carbonyl (C=O) groups is 1. The summed E-state index contributed by atoms with van der Waals surface area (Å²) in [6.45, 7) is 6.40. The van der Waals surface area contributed by atoms with Crippen molar-refractivity contribution in [2.24, 2.45) is 0 Å². The number of rotatable bonds is 9. The van der Waals surface area contributed by atoms with E-state index in [1.165, 1.54) is 12.7 Å². The number of methoxy groups -OCH3 is 1. The van der Waals surface area contributed by atoms with E-state index in [9.17, 15) is 4.79 Å². The Hall–Kier alpha value is -2.53. The highest BCUT2D eigenvalue weighted by molar-refractivity contribution is 5.95. The SMILES string of the molecule is COc1ccc(C(=O)NC(C)CC(C)(C)c2ccccc2)cc1OCCO. The second kappa shape index (κ2) is 9.42. The smallest absolute Gasteiger partial charge is 0.251 e. The first kappa shape index (κ1) is 20.8. The molecule has 0 bridgehead atoms. The highest BCUT2D eigenvalue weighted by atomic mass is 16.5. The molecule has 0 heterocycles. The van der Waals surface area contributed by atoms with Crippen molar-refractivity contribution in [3.63, 3.8) is 0 Å². The summed E-state index contributed by atoms with van der Waals surface area (Å²) in [4.78, 5) is 12.6. The number of nitrogens with one attached hydrogen (secondary N) is 1. The maximum absolute atomic E-state index is 12.6. The molecule has 1 atom stereocenters. The maximum atomic E-state index is 12.6. The fourth-order valence-corrected chi connectivity index (χ4v) is 3.22. The third kappa shape index (κ3) is 5.73. The fraction of sp³-hybridized carbons (Fsp3) is 0.409. The van der Waals surface area contributed by atoms with E-state index >= 15 is 0 Å². The van der Waals surface area contributed by atoms with Gasteiger partial charge in [0.2, 0.25) is 0 Å². The Morgan fingerprint density at radius 3 is 2.48 bits per heavy atom. The number of carbonyl (C=O) groups excluding carboxylic acids is 1. The van der Waals surface area contributed by atoms with Gasteiger partial charge in [-0.25, -0.2) is 0 Å². The Morgan fingerprint density at radius 2 is 1.85 bits per heavy atom. The summed E-state index contributed by atoms with van der Waals surface area (Å²) in [6, 6.07) is 15.3. The molecule has 2 rings (SSSR count). The molecule has 0 aliphatic heterocycles. The van der Waals surface area contributed by atoms with Crippen molar-refractivity contribution >= 4 is 5.91 Å². The minimum Gasteiger partial charge on any atom is -0.493 e. The molecule has 0 aliphatic carbocycles. The van der Waals surface area contributed by atoms with Crippen molar-refractivity contribution < 1.29 is 19.4 Å². The van der Waals surface area contributed by atoms with Crippen LogP contribution in [0, 0.1) is 0 Å². The van der Waals surface area contributed by atoms with Crippen molar-refractivity contribution in [2.75, 3.05) is 20.3 Å². The van der Waals surface area contributed by atoms with Gasteiger partial charge in [0.25, 0.3) is 5.91 Å². The molecule has 0 aliphatic rings. The molecule has 0 radical (unpaired) electrons. The zero-order valence-electron chi connectivity index (χ0n) is 16.5. The standard InChI is InChI=1S/C22H29NO4/c1-16(15-22(2,3)18-8-6-5-7-9-18)23-21(25)17-10-11-19(26-4)20(14-17)27-13-12-24/h5-11,14,16,24H,12-13,15H2,1-4H3,(H,23,25). The molecular formula is C22H29NO4. The molecule has 5 heteroatoms. The summed E-state index contributed by atoms with van der Waals surface area (Å²) in [5.74, 6) is 0.803. The number of benzene rings is 2. The average molecular weight is 371 g/mol. The van der Waals surface area contributed by atoms with Gasteiger partial charge in [-0.1, -0.05) is 44.2 Å². The molecule has 2 aromatic carbocycles. The van der Waals surface area contributed by atoms with E-state index in [0.717, 1.165) is 6.42 Å². The maximum Gasteiger partial charge on any atom is 0.251 e. The van der Waals surface area contributed by atoms with E-state index < -0.39 is 0 Å². The highest BCUT2D eigenvalue weighted by Crippen LogP contribution is 2.29. The van der Waals surface area contributed by atoms with Gasteiger partial charge < -0.3 is 19.9 Å². The highest BCUT2D eigenvalue weighted by Gasteiger charge is 2.24. The van der Waals surface area contributed by atoms with Crippen LogP contribution in [0.25, 0.3) is 0 Å². The van der Waals surface area contributed by atoms with Gasteiger partial charge in [-0.2, -0.15) is 0 Å². The van der Waals surface area contributed by atoms with Crippen LogP contribution in [0.3, 0.4) is 0 Å². The summed E-state index contributed by atoms with van der Waals surface area (Å²) in [5, 5.41) is 12.0. The van der Waals surface area contributed by atoms with Gasteiger partial charge in [-0.3, -0.25) is 4.79 Å². The molecule has 0 aromatic heterocycles. The van der Waals surface area contributed by atoms with Crippen LogP contribution in [-0.2, 0) is 5.41 Å². The molecule has 146 valence electrons. The van der Waals surface area contributed by atoms with Crippen molar-refractivity contribution in [2.45, 2.75) is 38.6 Å². The topological polar surface area (TPSA) is 67.8 Å². The summed E-state index contributed by atoms with van der Waals surface area (Å²) >= 11 is 0. The van der Waals surface area contributed by atoms with Gasteiger partial charge in [0.15, 0.2) is 11.5 Å². The van der Waals surface area contributed by atoms with Crippen molar-refractivity contribution in [1.29, 1.82) is 0 Å². The van der Waals surface area contributed by atoms with Crippen LogP contribution in [0.2, 0.25) is 0 Å². The summed E-state index contributed by atoms with van der Waals surface area (Å²) in [6.07, 6.45) is 0.812. The number of amides is 1. The molecule has 2 N–H and O–H groups in total. The van der Waals surface area contributed by atoms with Crippen molar-refractivity contribution in [1.82, 2.24) is 5.32 Å². The van der Waals surface area contributed by atoms with E-state index in [2.05, 4.69) is 31.3 Å². The predicted molar refractivity (Wildman–Crippen MR) is 107 cm³/mol. The third-order valence-electron chi connectivity index (χ3n) is 4.52. The average Bonchev–Trinajstić information content (AvgIpc) is 2.66. The monoisotopic (exact) mass is 371 g/mol. The number of aliphatic hydroxyl groups excluding tert-OH is 1. The van der Waals surface area contributed by atoms with E-state index in [1.807, 2.05) is 25.1 Å². The van der Waals surface area contributed by atoms with E-state index in [0.29, 0.717) is 17.1 Å². The van der Waals surface area contributed by atoms with Crippen LogP contribution in [0.4, 0.5) is 0 Å². The Balaban J connectivity index is 2.05. The first-order chi connectivity index (χ1) is 12.9. The summed E-state index contributed by atoms with van der Waals surface area (Å²) in [7, 11) is 1.54. The lowest BCUT2D eigenvalue weighted by Crippen LogP contribution is -2.37. The Morgan fingerprint density at radius 1 is 1.15 bits per heavy atom. The van der Waals surface area contributed by atoms with Crippen LogP contribution in [0.1, 0.15) is 43.1 Å². The van der Waals surface area contributed by atoms with Crippen LogP contribution in [0.15, 0.2) is 48.5 Å². The quantitative estimate of drug-likeness (QED) is 0.707. The zero-order valence-corrected chi connectivity index (χ0v) is 16.5. The van der Waals surface area contributed by atoms with Gasteiger partial charge in [-0.05, 0) is 42.5 Å². The summed E-state index contributed by atoms with van der Waals surface area (Å²) in [5.41, 5.74) is 1.69. The number of hydrogen-bond acceptors (Lipinski definition) is 4. The predicted octanol–water partition coefficient (Wildman–Crippen LogP) is 3.55. The van der Waals surface area contributed by atoms with Gasteiger partial charge in [0.05, 0.1) is 13.7 Å². The second-order valence-electron chi connectivity index (χ2n) is 7.27.